The Hall–Kier alpha value is -2.91. The fourth-order valence-corrected chi connectivity index (χ4v) is 5.59. The van der Waals surface area contributed by atoms with E-state index in [1.54, 1.807) is 24.8 Å². The van der Waals surface area contributed by atoms with Gasteiger partial charge in [-0.05, 0) is 62.6 Å². The summed E-state index contributed by atoms with van der Waals surface area (Å²) in [4.78, 5) is 26.5. The van der Waals surface area contributed by atoms with E-state index in [1.165, 1.54) is 10.4 Å². The van der Waals surface area contributed by atoms with Crippen LogP contribution in [0.4, 0.5) is 5.69 Å². The van der Waals surface area contributed by atoms with Gasteiger partial charge in [-0.15, -0.1) is 0 Å². The number of hydrogen-bond acceptors (Lipinski definition) is 5. The number of fused-ring (bicyclic) bond motifs is 1. The van der Waals surface area contributed by atoms with Crippen LogP contribution in [0.15, 0.2) is 35.2 Å². The zero-order valence-electron chi connectivity index (χ0n) is 18.6. The second kappa shape index (κ2) is 8.22. The van der Waals surface area contributed by atoms with Crippen LogP contribution in [0.2, 0.25) is 0 Å². The van der Waals surface area contributed by atoms with Crippen LogP contribution in [0.25, 0.3) is 0 Å². The number of carbonyl (C=O) groups excluding carboxylic acids is 2. The minimum atomic E-state index is -3.78. The molecule has 0 saturated carbocycles. The van der Waals surface area contributed by atoms with Crippen molar-refractivity contribution in [2.75, 3.05) is 31.5 Å². The molecule has 0 unspecified atom stereocenters. The minimum Gasteiger partial charge on any atom is -0.479 e. The first-order chi connectivity index (χ1) is 15.1. The van der Waals surface area contributed by atoms with Crippen LogP contribution in [0.1, 0.15) is 34.0 Å². The zero-order chi connectivity index (χ0) is 23.2. The van der Waals surface area contributed by atoms with E-state index in [2.05, 4.69) is 5.32 Å². The van der Waals surface area contributed by atoms with Gasteiger partial charge in [-0.1, -0.05) is 6.07 Å². The maximum Gasteiger partial charge on any atom is 0.265 e. The molecule has 1 N–H and O–H groups in total. The van der Waals surface area contributed by atoms with E-state index in [4.69, 9.17) is 4.74 Å². The van der Waals surface area contributed by atoms with Crippen LogP contribution in [0.3, 0.4) is 0 Å². The zero-order valence-corrected chi connectivity index (χ0v) is 19.5. The Labute approximate surface area is 188 Å². The van der Waals surface area contributed by atoms with Gasteiger partial charge in [0.1, 0.15) is 5.75 Å². The van der Waals surface area contributed by atoms with Crippen molar-refractivity contribution >= 4 is 27.5 Å². The van der Waals surface area contributed by atoms with Crippen LogP contribution in [0, 0.1) is 20.8 Å². The Kier molecular flexibility index (Phi) is 5.72. The lowest BCUT2D eigenvalue weighted by molar-refractivity contribution is -0.122. The van der Waals surface area contributed by atoms with E-state index >= 15 is 0 Å². The fourth-order valence-electron chi connectivity index (χ4n) is 3.95. The summed E-state index contributed by atoms with van der Waals surface area (Å²) in [6, 6.07) is 8.70. The summed E-state index contributed by atoms with van der Waals surface area (Å²) in [6.45, 7) is 8.32. The number of amides is 2. The third-order valence-electron chi connectivity index (χ3n) is 6.11. The Morgan fingerprint density at radius 2 is 1.69 bits per heavy atom. The van der Waals surface area contributed by atoms with E-state index < -0.39 is 16.1 Å². The van der Waals surface area contributed by atoms with Crippen molar-refractivity contribution in [1.82, 2.24) is 9.21 Å². The molecule has 8 nitrogen and oxygen atoms in total. The van der Waals surface area contributed by atoms with Gasteiger partial charge >= 0.3 is 0 Å². The van der Waals surface area contributed by atoms with Gasteiger partial charge in [0.2, 0.25) is 10.0 Å². The first kappa shape index (κ1) is 22.3. The van der Waals surface area contributed by atoms with Crippen LogP contribution < -0.4 is 10.1 Å². The number of carbonyl (C=O) groups is 2. The van der Waals surface area contributed by atoms with Gasteiger partial charge in [0, 0.05) is 37.8 Å². The maximum absolute atomic E-state index is 13.3. The molecular weight excluding hydrogens is 430 g/mol. The lowest BCUT2D eigenvalue weighted by Crippen LogP contribution is -2.50. The first-order valence-electron chi connectivity index (χ1n) is 10.6. The summed E-state index contributed by atoms with van der Waals surface area (Å²) in [6.07, 6.45) is -0.694. The molecule has 1 fully saturated rings. The first-order valence-corrected chi connectivity index (χ1v) is 12.0. The highest BCUT2D eigenvalue weighted by Gasteiger charge is 2.33. The molecule has 9 heteroatoms. The molecule has 2 aromatic rings. The van der Waals surface area contributed by atoms with Crippen LogP contribution >= 0.6 is 0 Å². The molecule has 2 aliphatic heterocycles. The SMILES string of the molecule is Cc1ccc(C(=O)N2CCN(S(=O)(=O)c3cc4c(cc3C)NC(=O)[C@@H](C)O4)CC2)cc1C. The van der Waals surface area contributed by atoms with Crippen molar-refractivity contribution < 1.29 is 22.7 Å². The summed E-state index contributed by atoms with van der Waals surface area (Å²) >= 11 is 0. The molecule has 32 heavy (non-hydrogen) atoms. The average molecular weight is 458 g/mol. The highest BCUT2D eigenvalue weighted by molar-refractivity contribution is 7.89. The molecule has 2 heterocycles. The minimum absolute atomic E-state index is 0.0896. The van der Waals surface area contributed by atoms with Gasteiger partial charge in [0.25, 0.3) is 11.8 Å². The molecule has 2 aromatic carbocycles. The third-order valence-corrected chi connectivity index (χ3v) is 8.15. The van der Waals surface area contributed by atoms with Gasteiger partial charge in [-0.25, -0.2) is 8.42 Å². The van der Waals surface area contributed by atoms with Gasteiger partial charge < -0.3 is 15.0 Å². The number of nitrogens with one attached hydrogen (secondary N) is 1. The smallest absolute Gasteiger partial charge is 0.265 e. The largest absolute Gasteiger partial charge is 0.479 e. The predicted molar refractivity (Wildman–Crippen MR) is 120 cm³/mol. The summed E-state index contributed by atoms with van der Waals surface area (Å²) in [7, 11) is -3.78. The number of nitrogens with zero attached hydrogens (tertiary/aromatic N) is 2. The molecule has 4 rings (SSSR count). The number of ether oxygens (including phenoxy) is 1. The molecule has 2 aliphatic rings. The van der Waals surface area contributed by atoms with Gasteiger partial charge in [-0.3, -0.25) is 9.59 Å². The summed E-state index contributed by atoms with van der Waals surface area (Å²) in [5.41, 5.74) is 3.77. The van der Waals surface area contributed by atoms with Crippen LogP contribution in [0.5, 0.6) is 5.75 Å². The number of benzene rings is 2. The molecule has 170 valence electrons. The molecule has 0 aromatic heterocycles. The Balaban J connectivity index is 1.51. The number of hydrogen-bond donors (Lipinski definition) is 1. The van der Waals surface area contributed by atoms with E-state index in [-0.39, 0.29) is 29.8 Å². The summed E-state index contributed by atoms with van der Waals surface area (Å²) in [5.74, 6) is -0.0184. The molecule has 2 amide bonds. The Bertz CT molecular complexity index is 1200. The highest BCUT2D eigenvalue weighted by atomic mass is 32.2. The number of aryl methyl sites for hydroxylation is 3. The van der Waals surface area contributed by atoms with Crippen molar-refractivity contribution in [3.63, 3.8) is 0 Å². The molecule has 1 atom stereocenters. The highest BCUT2D eigenvalue weighted by Crippen LogP contribution is 2.35. The lowest BCUT2D eigenvalue weighted by atomic mass is 10.1. The van der Waals surface area contributed by atoms with Gasteiger partial charge in [-0.2, -0.15) is 4.31 Å². The molecule has 0 bridgehead atoms. The van der Waals surface area contributed by atoms with E-state index in [0.29, 0.717) is 35.7 Å². The Morgan fingerprint density at radius 3 is 2.34 bits per heavy atom. The topological polar surface area (TPSA) is 96.0 Å². The van der Waals surface area contributed by atoms with Crippen molar-refractivity contribution in [2.24, 2.45) is 0 Å². The molecule has 0 aliphatic carbocycles. The van der Waals surface area contributed by atoms with Crippen LogP contribution in [-0.2, 0) is 14.8 Å². The lowest BCUT2D eigenvalue weighted by Gasteiger charge is -2.34. The van der Waals surface area contributed by atoms with Gasteiger partial charge in [0.05, 0.1) is 10.6 Å². The van der Waals surface area contributed by atoms with Crippen molar-refractivity contribution in [3.8, 4) is 5.75 Å². The summed E-state index contributed by atoms with van der Waals surface area (Å²) in [5, 5.41) is 2.73. The van der Waals surface area contributed by atoms with Gasteiger partial charge in [0.15, 0.2) is 6.10 Å². The van der Waals surface area contributed by atoms with Crippen molar-refractivity contribution in [3.05, 3.63) is 52.6 Å². The average Bonchev–Trinajstić information content (AvgIpc) is 2.76. The van der Waals surface area contributed by atoms with Crippen molar-refractivity contribution in [2.45, 2.75) is 38.7 Å². The quantitative estimate of drug-likeness (QED) is 0.764. The molecular formula is C23H27N3O5S. The van der Waals surface area contributed by atoms with Crippen molar-refractivity contribution in [1.29, 1.82) is 0 Å². The van der Waals surface area contributed by atoms with E-state index in [1.807, 2.05) is 32.0 Å². The molecule has 0 spiro atoms. The fraction of sp³-hybridized carbons (Fsp3) is 0.391. The number of anilines is 1. The third kappa shape index (κ3) is 3.98. The van der Waals surface area contributed by atoms with E-state index in [9.17, 15) is 18.0 Å². The maximum atomic E-state index is 13.3. The summed E-state index contributed by atoms with van der Waals surface area (Å²) < 4.78 is 33.7. The second-order valence-electron chi connectivity index (χ2n) is 8.36. The number of rotatable bonds is 3. The molecule has 0 radical (unpaired) electrons. The second-order valence-corrected chi connectivity index (χ2v) is 10.3. The normalized spacial score (nSPS) is 19.2. The standard InChI is InChI=1S/C23H27N3O5S/c1-14-5-6-18(11-15(14)2)23(28)25-7-9-26(10-8-25)32(29,30)21-13-20-19(12-16(21)3)24-22(27)17(4)31-20/h5-6,11-13,17H,7-10H2,1-4H3,(H,24,27)/t17-/m1/s1. The van der Waals surface area contributed by atoms with E-state index in [0.717, 1.165) is 11.1 Å². The van der Waals surface area contributed by atoms with Crippen LogP contribution in [-0.4, -0.2) is 61.7 Å². The molecule has 1 saturated heterocycles. The Morgan fingerprint density at radius 1 is 1.00 bits per heavy atom. The number of piperazine rings is 1. The monoisotopic (exact) mass is 457 g/mol. The number of sulfonamides is 1. The predicted octanol–water partition coefficient (Wildman–Crippen LogP) is 2.48.